The molecule has 138 valence electrons. The predicted molar refractivity (Wildman–Crippen MR) is 117 cm³/mol. The van der Waals surface area contributed by atoms with E-state index in [9.17, 15) is 4.79 Å². The van der Waals surface area contributed by atoms with Crippen LogP contribution in [0.4, 0.5) is 5.69 Å². The second kappa shape index (κ2) is 7.02. The first-order chi connectivity index (χ1) is 12.2. The molecule has 2 aliphatic heterocycles. The van der Waals surface area contributed by atoms with Crippen LogP contribution < -0.4 is 4.90 Å². The van der Waals surface area contributed by atoms with Crippen molar-refractivity contribution in [3.05, 3.63) is 45.8 Å². The zero-order chi connectivity index (χ0) is 19.2. The number of carbonyl (C=O) groups is 1. The van der Waals surface area contributed by atoms with Crippen LogP contribution in [-0.2, 0) is 4.79 Å². The molecule has 0 unspecified atom stereocenters. The highest BCUT2D eigenvalue weighted by Crippen LogP contribution is 2.45. The van der Waals surface area contributed by atoms with Gasteiger partial charge in [0.25, 0.3) is 5.91 Å². The molecule has 0 N–H and O–H groups in total. The molecule has 1 aromatic carbocycles. The highest BCUT2D eigenvalue weighted by atomic mass is 35.5. The first kappa shape index (κ1) is 19.5. The molecule has 2 aliphatic rings. The molecule has 3 nitrogen and oxygen atoms in total. The zero-order valence-corrected chi connectivity index (χ0v) is 17.9. The molecule has 2 heterocycles. The third-order valence-corrected chi connectivity index (χ3v) is 6.93. The van der Waals surface area contributed by atoms with Crippen LogP contribution in [0.3, 0.4) is 0 Å². The van der Waals surface area contributed by atoms with Gasteiger partial charge in [0.2, 0.25) is 0 Å². The summed E-state index contributed by atoms with van der Waals surface area (Å²) in [4.78, 5) is 17.0. The average Bonchev–Trinajstić information content (AvgIpc) is 2.82. The SMILES string of the molecule is C=CCN1C(=O)/C(=C/c2cc3c(cc2Cl)N(C)C(C)(C)C[C@H]3C)SC1=S. The number of fused-ring (bicyclic) bond motifs is 1. The van der Waals surface area contributed by atoms with Crippen LogP contribution in [0.15, 0.2) is 29.7 Å². The van der Waals surface area contributed by atoms with Crippen molar-refractivity contribution in [2.75, 3.05) is 18.5 Å². The monoisotopic (exact) mass is 406 g/mol. The first-order valence-electron chi connectivity index (χ1n) is 8.59. The van der Waals surface area contributed by atoms with E-state index in [4.69, 9.17) is 23.8 Å². The summed E-state index contributed by atoms with van der Waals surface area (Å²) in [5, 5.41) is 0.648. The summed E-state index contributed by atoms with van der Waals surface area (Å²) in [6.45, 7) is 10.9. The van der Waals surface area contributed by atoms with Crippen LogP contribution in [0.25, 0.3) is 6.08 Å². The molecular weight excluding hydrogens is 384 g/mol. The maximum Gasteiger partial charge on any atom is 0.266 e. The lowest BCUT2D eigenvalue weighted by atomic mass is 9.80. The highest BCUT2D eigenvalue weighted by molar-refractivity contribution is 8.26. The Labute approximate surface area is 170 Å². The van der Waals surface area contributed by atoms with Gasteiger partial charge in [0.1, 0.15) is 4.32 Å². The smallest absolute Gasteiger partial charge is 0.266 e. The number of hydrogen-bond donors (Lipinski definition) is 0. The Morgan fingerprint density at radius 2 is 2.15 bits per heavy atom. The summed E-state index contributed by atoms with van der Waals surface area (Å²) in [7, 11) is 2.11. The minimum atomic E-state index is -0.0833. The number of carbonyl (C=O) groups excluding carboxylic acids is 1. The van der Waals surface area contributed by atoms with E-state index in [0.717, 1.165) is 17.7 Å². The highest BCUT2D eigenvalue weighted by Gasteiger charge is 2.35. The van der Waals surface area contributed by atoms with Gasteiger partial charge in [-0.1, -0.05) is 48.6 Å². The van der Waals surface area contributed by atoms with Gasteiger partial charge in [0, 0.05) is 29.8 Å². The maximum atomic E-state index is 12.6. The lowest BCUT2D eigenvalue weighted by molar-refractivity contribution is -0.121. The third-order valence-electron chi connectivity index (χ3n) is 5.22. The molecule has 0 aliphatic carbocycles. The number of hydrogen-bond acceptors (Lipinski definition) is 4. The number of thioether (sulfide) groups is 1. The van der Waals surface area contributed by atoms with Gasteiger partial charge in [-0.25, -0.2) is 0 Å². The fraction of sp³-hybridized carbons (Fsp3) is 0.400. The molecule has 6 heteroatoms. The van der Waals surface area contributed by atoms with Gasteiger partial charge in [0.05, 0.1) is 4.91 Å². The van der Waals surface area contributed by atoms with Gasteiger partial charge in [0.15, 0.2) is 0 Å². The van der Waals surface area contributed by atoms with Crippen LogP contribution in [0.1, 0.15) is 44.2 Å². The molecule has 0 radical (unpaired) electrons. The van der Waals surface area contributed by atoms with Gasteiger partial charge in [-0.05, 0) is 55.5 Å². The summed E-state index contributed by atoms with van der Waals surface area (Å²) in [6, 6.07) is 4.14. The molecule has 0 bridgehead atoms. The van der Waals surface area contributed by atoms with Gasteiger partial charge in [-0.2, -0.15) is 0 Å². The van der Waals surface area contributed by atoms with Gasteiger partial charge in [-0.3, -0.25) is 9.69 Å². The average molecular weight is 407 g/mol. The first-order valence-corrected chi connectivity index (χ1v) is 10.2. The van der Waals surface area contributed by atoms with Crippen molar-refractivity contribution >= 4 is 57.6 Å². The predicted octanol–water partition coefficient (Wildman–Crippen LogP) is 5.45. The molecule has 1 saturated heterocycles. The minimum Gasteiger partial charge on any atom is -0.369 e. The Morgan fingerprint density at radius 3 is 2.81 bits per heavy atom. The van der Waals surface area contributed by atoms with Crippen molar-refractivity contribution in [1.82, 2.24) is 4.90 Å². The zero-order valence-electron chi connectivity index (χ0n) is 15.5. The van der Waals surface area contributed by atoms with E-state index >= 15 is 0 Å². The number of rotatable bonds is 3. The Hall–Kier alpha value is -1.30. The van der Waals surface area contributed by atoms with Crippen LogP contribution in [-0.4, -0.2) is 34.3 Å². The van der Waals surface area contributed by atoms with E-state index in [-0.39, 0.29) is 11.4 Å². The third kappa shape index (κ3) is 3.32. The summed E-state index contributed by atoms with van der Waals surface area (Å²) in [6.07, 6.45) is 4.61. The van der Waals surface area contributed by atoms with Crippen LogP contribution in [0, 0.1) is 0 Å². The van der Waals surface area contributed by atoms with Crippen LogP contribution in [0.2, 0.25) is 5.02 Å². The Balaban J connectivity index is 2.01. The fourth-order valence-electron chi connectivity index (χ4n) is 3.64. The molecule has 0 saturated carbocycles. The summed E-state index contributed by atoms with van der Waals surface area (Å²) < 4.78 is 0.560. The Morgan fingerprint density at radius 1 is 1.46 bits per heavy atom. The topological polar surface area (TPSA) is 23.6 Å². The minimum absolute atomic E-state index is 0.0833. The normalized spacial score (nSPS) is 23.6. The molecule has 0 spiro atoms. The Kier molecular flexibility index (Phi) is 5.26. The van der Waals surface area contributed by atoms with Crippen molar-refractivity contribution in [2.24, 2.45) is 0 Å². The van der Waals surface area contributed by atoms with Crippen molar-refractivity contribution in [2.45, 2.75) is 38.6 Å². The Bertz CT molecular complexity index is 831. The largest absolute Gasteiger partial charge is 0.369 e. The van der Waals surface area contributed by atoms with Crippen molar-refractivity contribution in [1.29, 1.82) is 0 Å². The number of anilines is 1. The number of benzene rings is 1. The summed E-state index contributed by atoms with van der Waals surface area (Å²) in [5.41, 5.74) is 3.38. The van der Waals surface area contributed by atoms with Crippen molar-refractivity contribution in [3.8, 4) is 0 Å². The quantitative estimate of drug-likeness (QED) is 0.378. The van der Waals surface area contributed by atoms with E-state index in [1.165, 1.54) is 17.3 Å². The molecule has 1 aromatic rings. The van der Waals surface area contributed by atoms with Crippen molar-refractivity contribution in [3.63, 3.8) is 0 Å². The van der Waals surface area contributed by atoms with E-state index < -0.39 is 0 Å². The number of nitrogens with zero attached hydrogens (tertiary/aromatic N) is 2. The van der Waals surface area contributed by atoms with E-state index in [0.29, 0.717) is 26.7 Å². The second-order valence-corrected chi connectivity index (χ2v) is 9.57. The molecule has 0 aromatic heterocycles. The molecule has 26 heavy (non-hydrogen) atoms. The van der Waals surface area contributed by atoms with Gasteiger partial charge in [-0.15, -0.1) is 6.58 Å². The lowest BCUT2D eigenvalue weighted by Gasteiger charge is -2.45. The lowest BCUT2D eigenvalue weighted by Crippen LogP contribution is -2.45. The standard InChI is InChI=1S/C20H23ClN2OS2/c1-6-7-23-18(24)17(26-19(23)25)9-13-8-14-12(2)11-20(3,4)22(5)16(14)10-15(13)21/h6,8-10,12H,1,7,11H2,2-5H3/b17-9-/t12-/m1/s1. The van der Waals surface area contributed by atoms with E-state index in [1.54, 1.807) is 11.0 Å². The molecule has 1 atom stereocenters. The van der Waals surface area contributed by atoms with Gasteiger partial charge >= 0.3 is 0 Å². The van der Waals surface area contributed by atoms with Crippen LogP contribution >= 0.6 is 35.6 Å². The fourth-order valence-corrected chi connectivity index (χ4v) is 5.12. The van der Waals surface area contributed by atoms with Crippen LogP contribution in [0.5, 0.6) is 0 Å². The van der Waals surface area contributed by atoms with E-state index in [1.807, 2.05) is 12.1 Å². The number of amides is 1. The molecular formula is C20H23ClN2OS2. The molecule has 1 amide bonds. The molecule has 1 fully saturated rings. The van der Waals surface area contributed by atoms with Gasteiger partial charge < -0.3 is 4.90 Å². The maximum absolute atomic E-state index is 12.6. The molecule has 3 rings (SSSR count). The number of halogens is 1. The number of thiocarbonyl (C=S) groups is 1. The summed E-state index contributed by atoms with van der Waals surface area (Å²) in [5.74, 6) is 0.343. The summed E-state index contributed by atoms with van der Waals surface area (Å²) >= 11 is 13.2. The van der Waals surface area contributed by atoms with Crippen molar-refractivity contribution < 1.29 is 4.79 Å². The second-order valence-electron chi connectivity index (χ2n) is 7.49. The van der Waals surface area contributed by atoms with E-state index in [2.05, 4.69) is 45.4 Å².